The quantitative estimate of drug-likeness (QED) is 0.628. The van der Waals surface area contributed by atoms with Crippen molar-refractivity contribution in [1.82, 2.24) is 4.90 Å². The van der Waals surface area contributed by atoms with Crippen LogP contribution in [0, 0.1) is 17.6 Å². The van der Waals surface area contributed by atoms with Gasteiger partial charge in [0.05, 0.1) is 6.61 Å². The molecule has 1 aliphatic rings. The van der Waals surface area contributed by atoms with Crippen LogP contribution in [0.15, 0.2) is 48.5 Å². The van der Waals surface area contributed by atoms with E-state index in [1.54, 1.807) is 24.3 Å². The first-order chi connectivity index (χ1) is 13.1. The van der Waals surface area contributed by atoms with Crippen molar-refractivity contribution in [3.05, 3.63) is 60.2 Å². The van der Waals surface area contributed by atoms with Crippen LogP contribution >= 0.6 is 0 Å². The maximum Gasteiger partial charge on any atom is 0.152 e. The van der Waals surface area contributed by atoms with Gasteiger partial charge in [0.2, 0.25) is 0 Å². The minimum Gasteiger partial charge on any atom is -0.494 e. The molecule has 1 unspecified atom stereocenters. The Bertz CT molecular complexity index is 682. The number of likely N-dealkylation sites (tertiary alicyclic amines) is 1. The molecule has 0 aromatic heterocycles. The minimum atomic E-state index is -0.251. The fourth-order valence-corrected chi connectivity index (χ4v) is 3.49. The van der Waals surface area contributed by atoms with Crippen LogP contribution in [0.25, 0.3) is 0 Å². The van der Waals surface area contributed by atoms with E-state index in [-0.39, 0.29) is 17.9 Å². The summed E-state index contributed by atoms with van der Waals surface area (Å²) < 4.78 is 37.7. The highest BCUT2D eigenvalue weighted by Gasteiger charge is 2.25. The van der Waals surface area contributed by atoms with Gasteiger partial charge in [-0.2, -0.15) is 0 Å². The van der Waals surface area contributed by atoms with E-state index in [0.29, 0.717) is 24.0 Å². The maximum atomic E-state index is 13.0. The average molecular weight is 375 g/mol. The van der Waals surface area contributed by atoms with E-state index >= 15 is 0 Å². The zero-order chi connectivity index (χ0) is 19.1. The summed E-state index contributed by atoms with van der Waals surface area (Å²) in [4.78, 5) is 2.36. The molecule has 3 rings (SSSR count). The smallest absolute Gasteiger partial charge is 0.152 e. The van der Waals surface area contributed by atoms with Crippen molar-refractivity contribution in [2.75, 3.05) is 19.7 Å². The molecule has 1 atom stereocenters. The molecule has 0 N–H and O–H groups in total. The summed E-state index contributed by atoms with van der Waals surface area (Å²) in [5, 5.41) is 0. The second kappa shape index (κ2) is 9.70. The van der Waals surface area contributed by atoms with Crippen molar-refractivity contribution in [2.45, 2.75) is 38.8 Å². The molecule has 27 heavy (non-hydrogen) atoms. The van der Waals surface area contributed by atoms with Gasteiger partial charge in [-0.15, -0.1) is 0 Å². The highest BCUT2D eigenvalue weighted by Crippen LogP contribution is 2.25. The molecule has 0 radical (unpaired) electrons. The first-order valence-corrected chi connectivity index (χ1v) is 9.68. The van der Waals surface area contributed by atoms with Crippen molar-refractivity contribution < 1.29 is 18.3 Å². The van der Waals surface area contributed by atoms with Gasteiger partial charge < -0.3 is 9.47 Å². The molecule has 0 spiro atoms. The predicted octanol–water partition coefficient (Wildman–Crippen LogP) is 5.26. The van der Waals surface area contributed by atoms with Crippen LogP contribution in [0.1, 0.15) is 32.6 Å². The molecular formula is C22H27F2NO2. The van der Waals surface area contributed by atoms with Crippen molar-refractivity contribution in [3.8, 4) is 11.5 Å². The Hall–Kier alpha value is -2.14. The Morgan fingerprint density at radius 2 is 1.48 bits per heavy atom. The summed E-state index contributed by atoms with van der Waals surface area (Å²) in [5.41, 5.74) is 0. The molecule has 0 aliphatic carbocycles. The average Bonchev–Trinajstić information content (AvgIpc) is 2.70. The van der Waals surface area contributed by atoms with Crippen LogP contribution in [0.4, 0.5) is 8.78 Å². The molecule has 1 aliphatic heterocycles. The zero-order valence-electron chi connectivity index (χ0n) is 15.7. The number of ether oxygens (including phenoxy) is 2. The van der Waals surface area contributed by atoms with Crippen molar-refractivity contribution in [3.63, 3.8) is 0 Å². The second-order valence-corrected chi connectivity index (χ2v) is 7.01. The van der Waals surface area contributed by atoms with Crippen molar-refractivity contribution in [2.24, 2.45) is 5.92 Å². The van der Waals surface area contributed by atoms with Crippen molar-refractivity contribution >= 4 is 0 Å². The molecule has 1 fully saturated rings. The minimum absolute atomic E-state index is 0.0203. The van der Waals surface area contributed by atoms with Gasteiger partial charge in [0.1, 0.15) is 23.1 Å². The fourth-order valence-electron chi connectivity index (χ4n) is 3.49. The number of hydrogen-bond acceptors (Lipinski definition) is 3. The van der Waals surface area contributed by atoms with E-state index in [1.165, 1.54) is 24.3 Å². The van der Waals surface area contributed by atoms with Gasteiger partial charge in [-0.3, -0.25) is 4.90 Å². The van der Waals surface area contributed by atoms with Gasteiger partial charge in [-0.25, -0.2) is 8.78 Å². The van der Waals surface area contributed by atoms with E-state index in [2.05, 4.69) is 11.8 Å². The third-order valence-corrected chi connectivity index (χ3v) is 5.10. The second-order valence-electron chi connectivity index (χ2n) is 7.01. The predicted molar refractivity (Wildman–Crippen MR) is 102 cm³/mol. The molecule has 0 saturated carbocycles. The Balaban J connectivity index is 1.40. The highest BCUT2D eigenvalue weighted by atomic mass is 19.1. The Morgan fingerprint density at radius 1 is 0.926 bits per heavy atom. The number of benzene rings is 2. The Kier molecular flexibility index (Phi) is 7.04. The summed E-state index contributed by atoms with van der Waals surface area (Å²) in [5.74, 6) is 1.55. The van der Waals surface area contributed by atoms with E-state index in [0.717, 1.165) is 38.8 Å². The van der Waals surface area contributed by atoms with E-state index in [1.807, 2.05) is 0 Å². The number of rotatable bonds is 8. The standard InChI is InChI=1S/C22H27F2NO2/c1-2-22(27-21-9-5-19(24)6-10-21)25-14-11-17(12-15-25)13-16-26-20-7-3-18(23)4-8-20/h3-10,17,22H,2,11-16H2,1H3. The van der Waals surface area contributed by atoms with Crippen molar-refractivity contribution in [1.29, 1.82) is 0 Å². The number of nitrogens with zero attached hydrogens (tertiary/aromatic N) is 1. The molecule has 0 amide bonds. The fraction of sp³-hybridized carbons (Fsp3) is 0.455. The first kappa shape index (κ1) is 19.6. The largest absolute Gasteiger partial charge is 0.494 e. The summed E-state index contributed by atoms with van der Waals surface area (Å²) in [6.07, 6.45) is 4.12. The van der Waals surface area contributed by atoms with Crippen LogP contribution in [-0.2, 0) is 0 Å². The molecule has 2 aromatic rings. The molecule has 3 nitrogen and oxygen atoms in total. The molecule has 0 bridgehead atoms. The van der Waals surface area contributed by atoms with Gasteiger partial charge in [-0.05, 0) is 80.1 Å². The lowest BCUT2D eigenvalue weighted by atomic mass is 9.93. The van der Waals surface area contributed by atoms with Crippen LogP contribution < -0.4 is 9.47 Å². The van der Waals surface area contributed by atoms with Crippen LogP contribution in [0.2, 0.25) is 0 Å². The van der Waals surface area contributed by atoms with Crippen LogP contribution in [0.5, 0.6) is 11.5 Å². The van der Waals surface area contributed by atoms with E-state index < -0.39 is 0 Å². The normalized spacial score (nSPS) is 16.9. The first-order valence-electron chi connectivity index (χ1n) is 9.68. The lowest BCUT2D eigenvalue weighted by Gasteiger charge is -2.37. The zero-order valence-corrected chi connectivity index (χ0v) is 15.7. The molecule has 5 heteroatoms. The third-order valence-electron chi connectivity index (χ3n) is 5.10. The van der Waals surface area contributed by atoms with Crippen LogP contribution in [0.3, 0.4) is 0 Å². The monoisotopic (exact) mass is 375 g/mol. The SMILES string of the molecule is CCC(Oc1ccc(F)cc1)N1CCC(CCOc2ccc(F)cc2)CC1. The highest BCUT2D eigenvalue weighted by molar-refractivity contribution is 5.22. The van der Waals surface area contributed by atoms with Gasteiger partial charge in [0.25, 0.3) is 0 Å². The number of hydrogen-bond donors (Lipinski definition) is 0. The van der Waals surface area contributed by atoms with Gasteiger partial charge >= 0.3 is 0 Å². The molecular weight excluding hydrogens is 348 g/mol. The molecule has 2 aromatic carbocycles. The Labute approximate surface area is 159 Å². The van der Waals surface area contributed by atoms with Gasteiger partial charge in [-0.1, -0.05) is 6.92 Å². The van der Waals surface area contributed by atoms with Gasteiger partial charge in [0.15, 0.2) is 6.23 Å². The summed E-state index contributed by atoms with van der Waals surface area (Å²) in [7, 11) is 0. The molecule has 1 heterocycles. The summed E-state index contributed by atoms with van der Waals surface area (Å²) >= 11 is 0. The number of piperidine rings is 1. The summed E-state index contributed by atoms with van der Waals surface area (Å²) in [6, 6.07) is 12.4. The topological polar surface area (TPSA) is 21.7 Å². The van der Waals surface area contributed by atoms with E-state index in [4.69, 9.17) is 9.47 Å². The van der Waals surface area contributed by atoms with Gasteiger partial charge in [0, 0.05) is 13.1 Å². The maximum absolute atomic E-state index is 13.0. The van der Waals surface area contributed by atoms with Crippen LogP contribution in [-0.4, -0.2) is 30.8 Å². The van der Waals surface area contributed by atoms with E-state index in [9.17, 15) is 8.78 Å². The summed E-state index contributed by atoms with van der Waals surface area (Å²) in [6.45, 7) is 4.73. The molecule has 1 saturated heterocycles. The molecule has 146 valence electrons. The lowest BCUT2D eigenvalue weighted by Crippen LogP contribution is -2.44. The number of halogens is 2. The Morgan fingerprint density at radius 3 is 2.04 bits per heavy atom. The third kappa shape index (κ3) is 5.93. The lowest BCUT2D eigenvalue weighted by molar-refractivity contribution is -0.00212.